The van der Waals surface area contributed by atoms with E-state index in [0.29, 0.717) is 40.2 Å². The molecule has 0 aliphatic heterocycles. The summed E-state index contributed by atoms with van der Waals surface area (Å²) >= 11 is 0. The number of benzene rings is 4. The number of methoxy groups -OCH3 is 2. The first-order valence-electron chi connectivity index (χ1n) is 12.7. The fourth-order valence-corrected chi connectivity index (χ4v) is 4.23. The molecule has 0 amide bonds. The van der Waals surface area contributed by atoms with E-state index in [0.717, 1.165) is 34.8 Å². The van der Waals surface area contributed by atoms with Gasteiger partial charge in [-0.1, -0.05) is 36.4 Å². The van der Waals surface area contributed by atoms with Crippen molar-refractivity contribution in [2.24, 2.45) is 0 Å². The zero-order chi connectivity index (χ0) is 29.2. The van der Waals surface area contributed by atoms with Gasteiger partial charge in [-0.15, -0.1) is 0 Å². The Bertz CT molecular complexity index is 1460. The first kappa shape index (κ1) is 28.8. The Labute approximate surface area is 237 Å². The molecule has 8 heteroatoms. The minimum absolute atomic E-state index is 0.169. The third-order valence-electron chi connectivity index (χ3n) is 6.30. The first-order valence-corrected chi connectivity index (χ1v) is 12.7. The van der Waals surface area contributed by atoms with Crippen molar-refractivity contribution < 1.29 is 38.1 Å². The molecule has 41 heavy (non-hydrogen) atoms. The van der Waals surface area contributed by atoms with Crippen molar-refractivity contribution in [1.82, 2.24) is 0 Å². The van der Waals surface area contributed by atoms with Crippen LogP contribution in [0.5, 0.6) is 11.5 Å². The lowest BCUT2D eigenvalue weighted by Crippen LogP contribution is -2.04. The molecule has 0 spiro atoms. The molecule has 0 aliphatic rings. The summed E-state index contributed by atoms with van der Waals surface area (Å²) in [4.78, 5) is 47.2. The third-order valence-corrected chi connectivity index (χ3v) is 6.30. The zero-order valence-corrected chi connectivity index (χ0v) is 22.6. The van der Waals surface area contributed by atoms with Gasteiger partial charge in [-0.25, -0.2) is 9.59 Å². The average molecular weight is 553 g/mol. The summed E-state index contributed by atoms with van der Waals surface area (Å²) in [6.45, 7) is 0.338. The van der Waals surface area contributed by atoms with Crippen LogP contribution in [0.15, 0.2) is 84.9 Å². The molecular weight excluding hydrogens is 524 g/mol. The van der Waals surface area contributed by atoms with Crippen LogP contribution in [0.3, 0.4) is 0 Å². The molecule has 0 aromatic heterocycles. The van der Waals surface area contributed by atoms with Gasteiger partial charge in [-0.2, -0.15) is 0 Å². The maximum absolute atomic E-state index is 11.8. The summed E-state index contributed by atoms with van der Waals surface area (Å²) < 4.78 is 21.2. The molecule has 0 fully saturated rings. The highest BCUT2D eigenvalue weighted by Gasteiger charge is 2.11. The van der Waals surface area contributed by atoms with E-state index in [-0.39, 0.29) is 13.2 Å². The minimum atomic E-state index is -0.437. The van der Waals surface area contributed by atoms with Gasteiger partial charge >= 0.3 is 11.9 Å². The van der Waals surface area contributed by atoms with E-state index in [1.165, 1.54) is 14.2 Å². The molecule has 0 bridgehead atoms. The topological polar surface area (TPSA) is 105 Å². The quantitative estimate of drug-likeness (QED) is 0.164. The molecule has 8 nitrogen and oxygen atoms in total. The van der Waals surface area contributed by atoms with Gasteiger partial charge in [-0.3, -0.25) is 9.59 Å². The van der Waals surface area contributed by atoms with Crippen LogP contribution in [0.25, 0.3) is 0 Å². The summed E-state index contributed by atoms with van der Waals surface area (Å²) in [5.41, 5.74) is 4.83. The van der Waals surface area contributed by atoms with Crippen LogP contribution in [-0.2, 0) is 29.1 Å². The van der Waals surface area contributed by atoms with Crippen molar-refractivity contribution in [3.8, 4) is 11.5 Å². The van der Waals surface area contributed by atoms with Crippen molar-refractivity contribution in [3.63, 3.8) is 0 Å². The molecule has 0 aliphatic carbocycles. The molecule has 0 heterocycles. The summed E-state index contributed by atoms with van der Waals surface area (Å²) in [6.07, 6.45) is 1.93. The lowest BCUT2D eigenvalue weighted by Gasteiger charge is -2.12. The highest BCUT2D eigenvalue weighted by molar-refractivity contribution is 5.90. The van der Waals surface area contributed by atoms with E-state index in [1.807, 2.05) is 24.3 Å². The van der Waals surface area contributed by atoms with Gasteiger partial charge in [0.2, 0.25) is 0 Å². The summed E-state index contributed by atoms with van der Waals surface area (Å²) in [6, 6.07) is 24.4. The predicted octanol–water partition coefficient (Wildman–Crippen LogP) is 5.63. The Morgan fingerprint density at radius 2 is 1.02 bits per heavy atom. The lowest BCUT2D eigenvalue weighted by molar-refractivity contribution is 0.0591. The SMILES string of the molecule is COC(=O)c1cccc(COc2ccc(Cc3ccc(OCc4cccc(C(=O)OC)c4)c(C=O)c3)cc2C=O)c1. The highest BCUT2D eigenvalue weighted by atomic mass is 16.5. The van der Waals surface area contributed by atoms with E-state index < -0.39 is 11.9 Å². The Hall–Kier alpha value is -5.24. The molecular formula is C33H28O8. The monoisotopic (exact) mass is 552 g/mol. The first-order chi connectivity index (χ1) is 19.9. The lowest BCUT2D eigenvalue weighted by atomic mass is 10.0. The van der Waals surface area contributed by atoms with E-state index in [2.05, 4.69) is 0 Å². The van der Waals surface area contributed by atoms with E-state index in [9.17, 15) is 19.2 Å². The molecule has 0 saturated heterocycles. The van der Waals surface area contributed by atoms with E-state index in [4.69, 9.17) is 18.9 Å². The van der Waals surface area contributed by atoms with Crippen LogP contribution >= 0.6 is 0 Å². The van der Waals surface area contributed by atoms with Crippen LogP contribution in [0.2, 0.25) is 0 Å². The van der Waals surface area contributed by atoms with Gasteiger partial charge < -0.3 is 18.9 Å². The normalized spacial score (nSPS) is 10.4. The van der Waals surface area contributed by atoms with E-state index >= 15 is 0 Å². The second kappa shape index (κ2) is 13.7. The second-order valence-electron chi connectivity index (χ2n) is 9.12. The predicted molar refractivity (Wildman–Crippen MR) is 151 cm³/mol. The smallest absolute Gasteiger partial charge is 0.337 e. The molecule has 208 valence electrons. The van der Waals surface area contributed by atoms with Crippen LogP contribution < -0.4 is 9.47 Å². The zero-order valence-electron chi connectivity index (χ0n) is 22.6. The number of esters is 2. The van der Waals surface area contributed by atoms with Gasteiger partial charge in [0.15, 0.2) is 12.6 Å². The molecule has 4 aromatic carbocycles. The summed E-state index contributed by atoms with van der Waals surface area (Å²) in [7, 11) is 2.64. The molecule has 0 radical (unpaired) electrons. The maximum atomic E-state index is 11.8. The third kappa shape index (κ3) is 7.45. The van der Waals surface area contributed by atoms with Crippen LogP contribution in [0.1, 0.15) is 63.7 Å². The van der Waals surface area contributed by atoms with Crippen molar-refractivity contribution in [3.05, 3.63) is 129 Å². The van der Waals surface area contributed by atoms with Crippen molar-refractivity contribution in [1.29, 1.82) is 0 Å². The highest BCUT2D eigenvalue weighted by Crippen LogP contribution is 2.25. The van der Waals surface area contributed by atoms with Gasteiger partial charge in [0, 0.05) is 0 Å². The maximum Gasteiger partial charge on any atom is 0.337 e. The standard InChI is InChI=1S/C33H28O8/c1-38-32(36)26-7-3-5-24(16-26)20-40-30-11-9-22(14-28(30)18-34)13-23-10-12-31(29(15-23)19-35)41-21-25-6-4-8-27(17-25)33(37)39-2/h3-12,14-19H,13,20-21H2,1-2H3. The summed E-state index contributed by atoms with van der Waals surface area (Å²) in [5, 5.41) is 0. The van der Waals surface area contributed by atoms with Gasteiger partial charge in [0.05, 0.1) is 36.5 Å². The number of hydrogen-bond acceptors (Lipinski definition) is 8. The largest absolute Gasteiger partial charge is 0.488 e. The van der Waals surface area contributed by atoms with Crippen molar-refractivity contribution >= 4 is 24.5 Å². The Balaban J connectivity index is 1.42. The Kier molecular flexibility index (Phi) is 9.62. The van der Waals surface area contributed by atoms with Crippen molar-refractivity contribution in [2.75, 3.05) is 14.2 Å². The van der Waals surface area contributed by atoms with Crippen LogP contribution in [-0.4, -0.2) is 38.7 Å². The molecule has 0 saturated carbocycles. The number of carbonyl (C=O) groups excluding carboxylic acids is 4. The van der Waals surface area contributed by atoms with Gasteiger partial charge in [0.1, 0.15) is 24.7 Å². The molecule has 0 N–H and O–H groups in total. The van der Waals surface area contributed by atoms with Crippen molar-refractivity contribution in [2.45, 2.75) is 19.6 Å². The fraction of sp³-hybridized carbons (Fsp3) is 0.152. The number of aldehydes is 2. The number of ether oxygens (including phenoxy) is 4. The van der Waals surface area contributed by atoms with E-state index in [1.54, 1.807) is 60.7 Å². The summed E-state index contributed by atoms with van der Waals surface area (Å²) in [5.74, 6) is -0.0401. The minimum Gasteiger partial charge on any atom is -0.488 e. The van der Waals surface area contributed by atoms with Gasteiger partial charge in [-0.05, 0) is 77.2 Å². The second-order valence-corrected chi connectivity index (χ2v) is 9.12. The van der Waals surface area contributed by atoms with Gasteiger partial charge in [0.25, 0.3) is 0 Å². The number of carbonyl (C=O) groups is 4. The molecule has 4 aromatic rings. The fourth-order valence-electron chi connectivity index (χ4n) is 4.23. The van der Waals surface area contributed by atoms with Crippen LogP contribution in [0, 0.1) is 0 Å². The molecule has 0 unspecified atom stereocenters. The average Bonchev–Trinajstić information content (AvgIpc) is 3.02. The Morgan fingerprint density at radius 3 is 1.41 bits per heavy atom. The molecule has 0 atom stereocenters. The van der Waals surface area contributed by atoms with Crippen LogP contribution in [0.4, 0.5) is 0 Å². The number of rotatable bonds is 12. The Morgan fingerprint density at radius 1 is 0.585 bits per heavy atom. The number of hydrogen-bond donors (Lipinski definition) is 0. The molecule has 4 rings (SSSR count).